The fraction of sp³-hybridized carbons (Fsp3) is 0.526. The van der Waals surface area contributed by atoms with Crippen LogP contribution >= 0.6 is 11.3 Å². The van der Waals surface area contributed by atoms with Crippen LogP contribution in [0.2, 0.25) is 0 Å². The van der Waals surface area contributed by atoms with Gasteiger partial charge in [0.1, 0.15) is 0 Å². The molecule has 2 heterocycles. The van der Waals surface area contributed by atoms with Crippen LogP contribution in [0.4, 0.5) is 5.69 Å². The molecule has 7 heteroatoms. The highest BCUT2D eigenvalue weighted by Crippen LogP contribution is 2.29. The third kappa shape index (κ3) is 4.22. The SMILES string of the molecule is CCOC1CCN(C(=O)C(=O)Nc2ccc3nc(C(C)C)sc3c2)CC1. The summed E-state index contributed by atoms with van der Waals surface area (Å²) in [6.07, 6.45) is 1.74. The molecule has 0 unspecified atom stereocenters. The predicted molar refractivity (Wildman–Crippen MR) is 104 cm³/mol. The molecule has 140 valence electrons. The summed E-state index contributed by atoms with van der Waals surface area (Å²) in [5.41, 5.74) is 1.54. The van der Waals surface area contributed by atoms with Gasteiger partial charge in [0.25, 0.3) is 0 Å². The molecular formula is C19H25N3O3S. The molecule has 1 N–H and O–H groups in total. The minimum atomic E-state index is -0.590. The lowest BCUT2D eigenvalue weighted by molar-refractivity contribution is -0.144. The maximum Gasteiger partial charge on any atom is 0.313 e. The van der Waals surface area contributed by atoms with Crippen LogP contribution in [-0.2, 0) is 14.3 Å². The number of rotatable bonds is 4. The van der Waals surface area contributed by atoms with Gasteiger partial charge in [-0.05, 0) is 38.0 Å². The molecule has 0 bridgehead atoms. The van der Waals surface area contributed by atoms with Crippen molar-refractivity contribution in [2.24, 2.45) is 0 Å². The number of ether oxygens (including phenoxy) is 1. The van der Waals surface area contributed by atoms with E-state index in [1.54, 1.807) is 22.3 Å². The van der Waals surface area contributed by atoms with Crippen molar-refractivity contribution in [2.45, 2.75) is 45.6 Å². The van der Waals surface area contributed by atoms with Gasteiger partial charge < -0.3 is 15.0 Å². The van der Waals surface area contributed by atoms with Crippen LogP contribution in [0.25, 0.3) is 10.2 Å². The first-order valence-electron chi connectivity index (χ1n) is 9.10. The number of carbonyl (C=O) groups is 2. The van der Waals surface area contributed by atoms with Gasteiger partial charge in [-0.1, -0.05) is 13.8 Å². The Morgan fingerprint density at radius 2 is 2.08 bits per heavy atom. The van der Waals surface area contributed by atoms with Gasteiger partial charge in [-0.15, -0.1) is 11.3 Å². The topological polar surface area (TPSA) is 71.5 Å². The largest absolute Gasteiger partial charge is 0.378 e. The average Bonchev–Trinajstić information content (AvgIpc) is 3.06. The number of fused-ring (bicyclic) bond motifs is 1. The molecule has 1 fully saturated rings. The van der Waals surface area contributed by atoms with E-state index in [0.29, 0.717) is 31.3 Å². The van der Waals surface area contributed by atoms with E-state index in [2.05, 4.69) is 24.1 Å². The number of amides is 2. The second kappa shape index (κ2) is 8.14. The van der Waals surface area contributed by atoms with Crippen LogP contribution in [0.15, 0.2) is 18.2 Å². The minimum absolute atomic E-state index is 0.191. The predicted octanol–water partition coefficient (Wildman–Crippen LogP) is 3.39. The molecule has 0 atom stereocenters. The Balaban J connectivity index is 1.62. The molecule has 1 aromatic carbocycles. The molecule has 1 saturated heterocycles. The van der Waals surface area contributed by atoms with Crippen molar-refractivity contribution >= 4 is 39.1 Å². The zero-order chi connectivity index (χ0) is 18.7. The van der Waals surface area contributed by atoms with Crippen LogP contribution < -0.4 is 5.32 Å². The Labute approximate surface area is 157 Å². The normalized spacial score (nSPS) is 15.6. The van der Waals surface area contributed by atoms with E-state index in [9.17, 15) is 9.59 Å². The molecule has 1 aromatic heterocycles. The average molecular weight is 375 g/mol. The Kier molecular flexibility index (Phi) is 5.88. The molecule has 1 aliphatic rings. The summed E-state index contributed by atoms with van der Waals surface area (Å²) < 4.78 is 6.59. The zero-order valence-corrected chi connectivity index (χ0v) is 16.3. The summed E-state index contributed by atoms with van der Waals surface area (Å²) >= 11 is 1.62. The third-order valence-corrected chi connectivity index (χ3v) is 5.80. The number of likely N-dealkylation sites (tertiary alicyclic amines) is 1. The van der Waals surface area contributed by atoms with Crippen LogP contribution in [0.1, 0.15) is 44.5 Å². The van der Waals surface area contributed by atoms with E-state index in [4.69, 9.17) is 4.74 Å². The second-order valence-electron chi connectivity index (χ2n) is 6.79. The molecule has 1 aliphatic heterocycles. The Morgan fingerprint density at radius 1 is 1.35 bits per heavy atom. The van der Waals surface area contributed by atoms with Crippen LogP contribution in [0.5, 0.6) is 0 Å². The summed E-state index contributed by atoms with van der Waals surface area (Å²) in [5.74, 6) is -0.702. The Bertz CT molecular complexity index is 794. The number of nitrogens with zero attached hydrogens (tertiary/aromatic N) is 2. The van der Waals surface area contributed by atoms with E-state index in [-0.39, 0.29) is 6.10 Å². The zero-order valence-electron chi connectivity index (χ0n) is 15.4. The molecule has 3 rings (SSSR count). The van der Waals surface area contributed by atoms with Gasteiger partial charge in [-0.25, -0.2) is 4.98 Å². The lowest BCUT2D eigenvalue weighted by Gasteiger charge is -2.31. The van der Waals surface area contributed by atoms with Gasteiger partial charge in [0.2, 0.25) is 0 Å². The van der Waals surface area contributed by atoms with Gasteiger partial charge >= 0.3 is 11.8 Å². The number of anilines is 1. The van der Waals surface area contributed by atoms with Crippen molar-refractivity contribution in [1.82, 2.24) is 9.88 Å². The number of thiazole rings is 1. The van der Waals surface area contributed by atoms with Crippen LogP contribution in [0, 0.1) is 0 Å². The maximum atomic E-state index is 12.4. The van der Waals surface area contributed by atoms with E-state index >= 15 is 0 Å². The summed E-state index contributed by atoms with van der Waals surface area (Å²) in [6.45, 7) is 7.97. The van der Waals surface area contributed by atoms with E-state index < -0.39 is 11.8 Å². The van der Waals surface area contributed by atoms with E-state index in [1.807, 2.05) is 19.1 Å². The highest BCUT2D eigenvalue weighted by atomic mass is 32.1. The first-order valence-corrected chi connectivity index (χ1v) is 9.92. The molecule has 6 nitrogen and oxygen atoms in total. The van der Waals surface area contributed by atoms with Gasteiger partial charge in [0.05, 0.1) is 21.3 Å². The minimum Gasteiger partial charge on any atom is -0.378 e. The molecule has 2 aromatic rings. The first kappa shape index (κ1) is 18.8. The van der Waals surface area contributed by atoms with E-state index in [1.165, 1.54) is 0 Å². The first-order chi connectivity index (χ1) is 12.5. The standard InChI is InChI=1S/C19H25N3O3S/c1-4-25-14-7-9-22(10-8-14)19(24)17(23)20-13-5-6-15-16(11-13)26-18(21-15)12(2)3/h5-6,11-12,14H,4,7-10H2,1-3H3,(H,20,23). The Morgan fingerprint density at radius 3 is 2.73 bits per heavy atom. The monoisotopic (exact) mass is 375 g/mol. The summed E-state index contributed by atoms with van der Waals surface area (Å²) in [5, 5.41) is 3.79. The molecule has 0 aliphatic carbocycles. The van der Waals surface area contributed by atoms with Crippen molar-refractivity contribution in [2.75, 3.05) is 25.0 Å². The summed E-state index contributed by atoms with van der Waals surface area (Å²) in [7, 11) is 0. The Hall–Kier alpha value is -1.99. The van der Waals surface area contributed by atoms with Gasteiger partial charge in [-0.3, -0.25) is 9.59 Å². The fourth-order valence-corrected chi connectivity index (χ4v) is 4.07. The van der Waals surface area contributed by atoms with Crippen LogP contribution in [0.3, 0.4) is 0 Å². The molecule has 0 saturated carbocycles. The number of carbonyl (C=O) groups excluding carboxylic acids is 2. The van der Waals surface area contributed by atoms with E-state index in [0.717, 1.165) is 28.1 Å². The number of nitrogens with one attached hydrogen (secondary N) is 1. The van der Waals surface area contributed by atoms with Crippen LogP contribution in [-0.4, -0.2) is 47.5 Å². The lowest BCUT2D eigenvalue weighted by Crippen LogP contribution is -2.45. The molecule has 0 spiro atoms. The maximum absolute atomic E-state index is 12.4. The van der Waals surface area contributed by atoms with Crippen molar-refractivity contribution in [1.29, 1.82) is 0 Å². The quantitative estimate of drug-likeness (QED) is 0.832. The highest BCUT2D eigenvalue weighted by Gasteiger charge is 2.27. The number of benzene rings is 1. The van der Waals surface area contributed by atoms with Gasteiger partial charge in [0.15, 0.2) is 0 Å². The lowest BCUT2D eigenvalue weighted by atomic mass is 10.1. The molecule has 0 radical (unpaired) electrons. The summed E-state index contributed by atoms with van der Waals surface area (Å²) in [4.78, 5) is 30.9. The number of hydrogen-bond donors (Lipinski definition) is 1. The van der Waals surface area contributed by atoms with Crippen molar-refractivity contribution in [3.63, 3.8) is 0 Å². The van der Waals surface area contributed by atoms with Crippen molar-refractivity contribution in [3.05, 3.63) is 23.2 Å². The number of piperidine rings is 1. The number of hydrogen-bond acceptors (Lipinski definition) is 5. The third-order valence-electron chi connectivity index (χ3n) is 4.48. The second-order valence-corrected chi connectivity index (χ2v) is 7.85. The van der Waals surface area contributed by atoms with Crippen molar-refractivity contribution < 1.29 is 14.3 Å². The number of aromatic nitrogens is 1. The highest BCUT2D eigenvalue weighted by molar-refractivity contribution is 7.18. The summed E-state index contributed by atoms with van der Waals surface area (Å²) in [6, 6.07) is 5.55. The smallest absolute Gasteiger partial charge is 0.313 e. The molecule has 2 amide bonds. The fourth-order valence-electron chi connectivity index (χ4n) is 3.06. The van der Waals surface area contributed by atoms with Gasteiger partial charge in [0, 0.05) is 31.3 Å². The molecule has 26 heavy (non-hydrogen) atoms. The molecular weight excluding hydrogens is 350 g/mol. The van der Waals surface area contributed by atoms with Crippen molar-refractivity contribution in [3.8, 4) is 0 Å². The van der Waals surface area contributed by atoms with Gasteiger partial charge in [-0.2, -0.15) is 0 Å².